The molecule has 0 aliphatic carbocycles. The predicted molar refractivity (Wildman–Crippen MR) is 76.3 cm³/mol. The molecule has 120 valence electrons. The first-order chi connectivity index (χ1) is 9.91. The van der Waals surface area contributed by atoms with E-state index in [4.69, 9.17) is 14.2 Å². The maximum absolute atomic E-state index is 12.1. The molecule has 1 aromatic carbocycles. The number of methoxy groups -OCH3 is 2. The van der Waals surface area contributed by atoms with Crippen molar-refractivity contribution in [2.75, 3.05) is 33.6 Å². The minimum Gasteiger partial charge on any atom is -0.493 e. The van der Waals surface area contributed by atoms with E-state index >= 15 is 0 Å². The Kier molecular flexibility index (Phi) is 6.97. The van der Waals surface area contributed by atoms with Gasteiger partial charge in [-0.15, -0.1) is 0 Å². The quantitative estimate of drug-likeness (QED) is 0.744. The number of nitrogens with one attached hydrogen (secondary N) is 1. The molecule has 0 aliphatic heterocycles. The van der Waals surface area contributed by atoms with Gasteiger partial charge in [-0.2, -0.15) is 13.2 Å². The van der Waals surface area contributed by atoms with Gasteiger partial charge in [0.2, 0.25) is 5.75 Å². The van der Waals surface area contributed by atoms with E-state index in [1.807, 2.05) is 0 Å². The van der Waals surface area contributed by atoms with Crippen molar-refractivity contribution >= 4 is 11.8 Å². The van der Waals surface area contributed by atoms with Crippen LogP contribution in [-0.2, 0) is 6.54 Å². The van der Waals surface area contributed by atoms with Crippen LogP contribution in [0.1, 0.15) is 5.56 Å². The number of ether oxygens (including phenoxy) is 3. The van der Waals surface area contributed by atoms with E-state index in [0.29, 0.717) is 23.8 Å². The Bertz CT molecular complexity index is 430. The molecule has 0 aromatic heterocycles. The van der Waals surface area contributed by atoms with Gasteiger partial charge in [0.05, 0.1) is 20.8 Å². The minimum absolute atomic E-state index is 0.0950. The van der Waals surface area contributed by atoms with Crippen LogP contribution in [0.5, 0.6) is 17.2 Å². The topological polar surface area (TPSA) is 39.7 Å². The van der Waals surface area contributed by atoms with Gasteiger partial charge in [-0.1, -0.05) is 0 Å². The lowest BCUT2D eigenvalue weighted by molar-refractivity contribution is -0.0329. The lowest BCUT2D eigenvalue weighted by Gasteiger charge is -2.16. The highest BCUT2D eigenvalue weighted by Gasteiger charge is 2.27. The molecule has 0 amide bonds. The third-order valence-corrected chi connectivity index (χ3v) is 3.19. The molecule has 1 rings (SSSR count). The number of halogens is 3. The second-order valence-corrected chi connectivity index (χ2v) is 5.16. The predicted octanol–water partition coefficient (Wildman–Crippen LogP) is 3.06. The van der Waals surface area contributed by atoms with Gasteiger partial charge >= 0.3 is 5.51 Å². The summed E-state index contributed by atoms with van der Waals surface area (Å²) < 4.78 is 52.0. The molecule has 0 spiro atoms. The third-order valence-electron chi connectivity index (χ3n) is 2.50. The molecule has 0 saturated carbocycles. The Balaban J connectivity index is 2.79. The molecule has 1 aromatic rings. The molecule has 21 heavy (non-hydrogen) atoms. The standard InChI is InChI=1S/C13H18F3NO3S/c1-17-8-9-6-10(18-2)12(11(7-9)19-3)20-4-5-21-13(14,15)16/h6-7,17H,4-5,8H2,1-3H3. The van der Waals surface area contributed by atoms with Gasteiger partial charge in [0.15, 0.2) is 11.5 Å². The van der Waals surface area contributed by atoms with Crippen molar-refractivity contribution in [3.05, 3.63) is 17.7 Å². The SMILES string of the molecule is CNCc1cc(OC)c(OCCSC(F)(F)F)c(OC)c1. The van der Waals surface area contributed by atoms with Crippen molar-refractivity contribution in [3.63, 3.8) is 0 Å². The van der Waals surface area contributed by atoms with Crippen LogP contribution in [0, 0.1) is 0 Å². The zero-order valence-corrected chi connectivity index (χ0v) is 12.9. The van der Waals surface area contributed by atoms with E-state index in [9.17, 15) is 13.2 Å². The highest BCUT2D eigenvalue weighted by molar-refractivity contribution is 8.00. The fourth-order valence-electron chi connectivity index (χ4n) is 1.68. The molecule has 0 fully saturated rings. The Morgan fingerprint density at radius 3 is 2.14 bits per heavy atom. The summed E-state index contributed by atoms with van der Waals surface area (Å²) in [7, 11) is 4.74. The van der Waals surface area contributed by atoms with E-state index < -0.39 is 5.51 Å². The Hall–Kier alpha value is -1.28. The number of hydrogen-bond donors (Lipinski definition) is 1. The normalized spacial score (nSPS) is 11.3. The third kappa shape index (κ3) is 5.92. The average Bonchev–Trinajstić information content (AvgIpc) is 2.43. The lowest BCUT2D eigenvalue weighted by atomic mass is 10.2. The molecule has 4 nitrogen and oxygen atoms in total. The number of alkyl halides is 3. The number of hydrogen-bond acceptors (Lipinski definition) is 5. The Labute approximate surface area is 125 Å². The summed E-state index contributed by atoms with van der Waals surface area (Å²) in [5.41, 5.74) is -3.34. The second-order valence-electron chi connectivity index (χ2n) is 4.00. The molecule has 0 aliphatic rings. The Morgan fingerprint density at radius 2 is 1.71 bits per heavy atom. The van der Waals surface area contributed by atoms with E-state index in [1.54, 1.807) is 19.2 Å². The fourth-order valence-corrected chi connectivity index (χ4v) is 2.08. The van der Waals surface area contributed by atoms with Crippen LogP contribution >= 0.6 is 11.8 Å². The highest BCUT2D eigenvalue weighted by Crippen LogP contribution is 2.39. The van der Waals surface area contributed by atoms with E-state index in [0.717, 1.165) is 5.56 Å². The molecule has 8 heteroatoms. The van der Waals surface area contributed by atoms with Crippen LogP contribution in [-0.4, -0.2) is 39.1 Å². The molecule has 0 unspecified atom stereocenters. The zero-order valence-electron chi connectivity index (χ0n) is 12.0. The molecular formula is C13H18F3NO3S. The van der Waals surface area contributed by atoms with Gasteiger partial charge < -0.3 is 19.5 Å². The van der Waals surface area contributed by atoms with Crippen molar-refractivity contribution in [2.24, 2.45) is 0 Å². The maximum atomic E-state index is 12.1. The summed E-state index contributed by atoms with van der Waals surface area (Å²) in [4.78, 5) is 0. The van der Waals surface area contributed by atoms with E-state index in [2.05, 4.69) is 5.32 Å². The molecule has 0 bridgehead atoms. The first-order valence-electron chi connectivity index (χ1n) is 6.14. The van der Waals surface area contributed by atoms with Crippen LogP contribution in [0.25, 0.3) is 0 Å². The van der Waals surface area contributed by atoms with Gasteiger partial charge in [-0.3, -0.25) is 0 Å². The fraction of sp³-hybridized carbons (Fsp3) is 0.538. The Morgan fingerprint density at radius 1 is 1.14 bits per heavy atom. The van der Waals surface area contributed by atoms with Crippen LogP contribution in [0.3, 0.4) is 0 Å². The largest absolute Gasteiger partial charge is 0.493 e. The second kappa shape index (κ2) is 8.23. The molecule has 0 radical (unpaired) electrons. The van der Waals surface area contributed by atoms with Crippen molar-refractivity contribution < 1.29 is 27.4 Å². The summed E-state index contributed by atoms with van der Waals surface area (Å²) in [6, 6.07) is 3.51. The summed E-state index contributed by atoms with van der Waals surface area (Å²) in [6.07, 6.45) is 0. The number of rotatable bonds is 8. The van der Waals surface area contributed by atoms with Crippen LogP contribution < -0.4 is 19.5 Å². The molecule has 0 saturated heterocycles. The summed E-state index contributed by atoms with van der Waals surface area (Å²) in [5.74, 6) is 0.962. The molecule has 0 atom stereocenters. The van der Waals surface area contributed by atoms with Crippen molar-refractivity contribution in [1.82, 2.24) is 5.32 Å². The van der Waals surface area contributed by atoms with Gasteiger partial charge in [-0.25, -0.2) is 0 Å². The minimum atomic E-state index is -4.26. The van der Waals surface area contributed by atoms with Gasteiger partial charge in [0.1, 0.15) is 0 Å². The molecular weight excluding hydrogens is 307 g/mol. The highest BCUT2D eigenvalue weighted by atomic mass is 32.2. The summed E-state index contributed by atoms with van der Waals surface area (Å²) in [5, 5.41) is 2.99. The first kappa shape index (κ1) is 17.8. The maximum Gasteiger partial charge on any atom is 0.441 e. The smallest absolute Gasteiger partial charge is 0.441 e. The summed E-state index contributed by atoms with van der Waals surface area (Å²) >= 11 is -0.126. The van der Waals surface area contributed by atoms with Gasteiger partial charge in [0.25, 0.3) is 0 Å². The van der Waals surface area contributed by atoms with E-state index in [-0.39, 0.29) is 24.1 Å². The van der Waals surface area contributed by atoms with E-state index in [1.165, 1.54) is 14.2 Å². The van der Waals surface area contributed by atoms with Crippen molar-refractivity contribution in [1.29, 1.82) is 0 Å². The van der Waals surface area contributed by atoms with Crippen LogP contribution in [0.2, 0.25) is 0 Å². The number of benzene rings is 1. The van der Waals surface area contributed by atoms with Crippen molar-refractivity contribution in [2.45, 2.75) is 12.1 Å². The van der Waals surface area contributed by atoms with Crippen molar-refractivity contribution in [3.8, 4) is 17.2 Å². The zero-order chi connectivity index (χ0) is 15.9. The van der Waals surface area contributed by atoms with Gasteiger partial charge in [-0.05, 0) is 36.5 Å². The molecule has 0 heterocycles. The monoisotopic (exact) mass is 325 g/mol. The molecule has 1 N–H and O–H groups in total. The summed E-state index contributed by atoms with van der Waals surface area (Å²) in [6.45, 7) is 0.513. The van der Waals surface area contributed by atoms with Crippen LogP contribution in [0.15, 0.2) is 12.1 Å². The average molecular weight is 325 g/mol. The van der Waals surface area contributed by atoms with Crippen LogP contribution in [0.4, 0.5) is 13.2 Å². The lowest BCUT2D eigenvalue weighted by Crippen LogP contribution is -2.10. The number of thioether (sulfide) groups is 1. The first-order valence-corrected chi connectivity index (χ1v) is 7.12. The van der Waals surface area contributed by atoms with Gasteiger partial charge in [0, 0.05) is 12.3 Å².